The van der Waals surface area contributed by atoms with E-state index in [2.05, 4.69) is 7.05 Å². The molecular weight excluding hydrogens is 224 g/mol. The highest BCUT2D eigenvalue weighted by molar-refractivity contribution is 7.89. The van der Waals surface area contributed by atoms with Gasteiger partial charge in [0.25, 0.3) is 0 Å². The molecule has 2 N–H and O–H groups in total. The third kappa shape index (κ3) is 2.11. The van der Waals surface area contributed by atoms with E-state index in [0.717, 1.165) is 18.5 Å². The predicted molar refractivity (Wildman–Crippen MR) is 61.4 cm³/mol. The molecular formula is C11H16N2O2S. The number of benzene rings is 1. The van der Waals surface area contributed by atoms with E-state index in [1.54, 1.807) is 33.9 Å². The van der Waals surface area contributed by atoms with E-state index in [0.29, 0.717) is 18.0 Å². The van der Waals surface area contributed by atoms with Crippen molar-refractivity contribution >= 4 is 15.7 Å². The molecule has 0 spiro atoms. The first kappa shape index (κ1) is 11.6. The molecule has 1 aliphatic rings. The molecule has 88 valence electrons. The molecule has 1 saturated heterocycles. The van der Waals surface area contributed by atoms with Crippen LogP contribution in [0.2, 0.25) is 0 Å². The molecule has 1 aliphatic heterocycles. The minimum absolute atomic E-state index is 0.375. The quantitative estimate of drug-likeness (QED) is 0.616. The van der Waals surface area contributed by atoms with Gasteiger partial charge in [-0.05, 0) is 37.1 Å². The first-order valence-corrected chi connectivity index (χ1v) is 6.81. The van der Waals surface area contributed by atoms with E-state index in [1.165, 1.54) is 0 Å². The van der Waals surface area contributed by atoms with Crippen molar-refractivity contribution in [1.29, 1.82) is 0 Å². The number of hydrogen-bond donors (Lipinski definition) is 1. The number of quaternary nitrogens is 1. The maximum absolute atomic E-state index is 12.1. The van der Waals surface area contributed by atoms with Crippen LogP contribution in [0.1, 0.15) is 12.8 Å². The highest BCUT2D eigenvalue weighted by Crippen LogP contribution is 2.21. The summed E-state index contributed by atoms with van der Waals surface area (Å²) < 4.78 is 25.8. The van der Waals surface area contributed by atoms with E-state index >= 15 is 0 Å². The molecule has 0 unspecified atom stereocenters. The Morgan fingerprint density at radius 2 is 1.69 bits per heavy atom. The summed E-state index contributed by atoms with van der Waals surface area (Å²) in [6.07, 6.45) is 1.92. The standard InChI is InChI=1S/C11H16N2O2S/c1-12-10-4-6-11(7-5-10)16(14,15)13-8-2-3-9-13/h4-7H,1-3,8-9,12H2. The molecule has 2 rings (SSSR count). The second-order valence-corrected chi connectivity index (χ2v) is 5.82. The number of rotatable bonds is 3. The summed E-state index contributed by atoms with van der Waals surface area (Å²) in [6, 6.07) is 6.83. The van der Waals surface area contributed by atoms with Crippen molar-refractivity contribution < 1.29 is 13.7 Å². The Bertz CT molecular complexity index is 447. The Morgan fingerprint density at radius 3 is 2.19 bits per heavy atom. The lowest BCUT2D eigenvalue weighted by atomic mass is 10.3. The summed E-state index contributed by atoms with van der Waals surface area (Å²) in [5.74, 6) is 0. The second kappa shape index (κ2) is 4.53. The predicted octanol–water partition coefficient (Wildman–Crippen LogP) is 0.458. The third-order valence-electron chi connectivity index (χ3n) is 2.82. The van der Waals surface area contributed by atoms with Crippen molar-refractivity contribution in [3.05, 3.63) is 31.3 Å². The van der Waals surface area contributed by atoms with Crippen LogP contribution < -0.4 is 5.32 Å². The van der Waals surface area contributed by atoms with Gasteiger partial charge in [-0.15, -0.1) is 7.05 Å². The lowest BCUT2D eigenvalue weighted by Gasteiger charge is -2.15. The van der Waals surface area contributed by atoms with Gasteiger partial charge in [-0.1, -0.05) is 0 Å². The summed E-state index contributed by atoms with van der Waals surface area (Å²) in [5, 5.41) is 1.70. The van der Waals surface area contributed by atoms with Crippen molar-refractivity contribution in [1.82, 2.24) is 4.31 Å². The third-order valence-corrected chi connectivity index (χ3v) is 4.73. The van der Waals surface area contributed by atoms with Gasteiger partial charge in [0, 0.05) is 13.1 Å². The first-order valence-electron chi connectivity index (χ1n) is 5.37. The molecule has 5 heteroatoms. The van der Waals surface area contributed by atoms with E-state index in [-0.39, 0.29) is 0 Å². The SMILES string of the molecule is [CH2-][NH2+]c1ccc(S(=O)(=O)N2CCCC2)cc1. The van der Waals surface area contributed by atoms with Crippen molar-refractivity contribution in [2.45, 2.75) is 17.7 Å². The van der Waals surface area contributed by atoms with Crippen molar-refractivity contribution in [3.63, 3.8) is 0 Å². The molecule has 0 amide bonds. The summed E-state index contributed by atoms with van der Waals surface area (Å²) in [5.41, 5.74) is 0.931. The van der Waals surface area contributed by atoms with Crippen molar-refractivity contribution in [2.75, 3.05) is 13.1 Å². The zero-order valence-corrected chi connectivity index (χ0v) is 9.91. The molecule has 1 heterocycles. The fourth-order valence-corrected chi connectivity index (χ4v) is 3.37. The van der Waals surface area contributed by atoms with Crippen LogP contribution in [0.15, 0.2) is 29.2 Å². The van der Waals surface area contributed by atoms with Gasteiger partial charge in [0.05, 0.1) is 4.90 Å². The minimum atomic E-state index is -3.26. The average Bonchev–Trinajstić information content (AvgIpc) is 2.83. The number of nitrogens with zero attached hydrogens (tertiary/aromatic N) is 1. The molecule has 0 radical (unpaired) electrons. The van der Waals surface area contributed by atoms with E-state index in [1.807, 2.05) is 0 Å². The Balaban J connectivity index is 2.28. The van der Waals surface area contributed by atoms with Gasteiger partial charge >= 0.3 is 0 Å². The lowest BCUT2D eigenvalue weighted by molar-refractivity contribution is -0.504. The molecule has 0 atom stereocenters. The monoisotopic (exact) mass is 240 g/mol. The Kier molecular flexibility index (Phi) is 3.28. The fourth-order valence-electron chi connectivity index (χ4n) is 1.85. The van der Waals surface area contributed by atoms with Gasteiger partial charge in [0.1, 0.15) is 5.69 Å². The molecule has 0 bridgehead atoms. The number of nitrogens with two attached hydrogens (primary N) is 1. The Morgan fingerprint density at radius 1 is 1.12 bits per heavy atom. The second-order valence-electron chi connectivity index (χ2n) is 3.88. The minimum Gasteiger partial charge on any atom is -0.446 e. The summed E-state index contributed by atoms with van der Waals surface area (Å²) in [6.45, 7) is 1.29. The van der Waals surface area contributed by atoms with Crippen LogP contribution in [0.4, 0.5) is 5.69 Å². The topological polar surface area (TPSA) is 54.0 Å². The molecule has 0 saturated carbocycles. The number of sulfonamides is 1. The molecule has 0 aliphatic carbocycles. The van der Waals surface area contributed by atoms with Gasteiger partial charge in [-0.2, -0.15) is 4.31 Å². The van der Waals surface area contributed by atoms with Gasteiger partial charge in [0.2, 0.25) is 10.0 Å². The molecule has 1 fully saturated rings. The van der Waals surface area contributed by atoms with E-state index < -0.39 is 10.0 Å². The lowest BCUT2D eigenvalue weighted by Crippen LogP contribution is -2.69. The fraction of sp³-hybridized carbons (Fsp3) is 0.364. The smallest absolute Gasteiger partial charge is 0.243 e. The van der Waals surface area contributed by atoms with Gasteiger partial charge < -0.3 is 5.32 Å². The summed E-state index contributed by atoms with van der Waals surface area (Å²) in [4.78, 5) is 0.375. The van der Waals surface area contributed by atoms with Crippen LogP contribution in [-0.2, 0) is 10.0 Å². The summed E-state index contributed by atoms with van der Waals surface area (Å²) >= 11 is 0. The van der Waals surface area contributed by atoms with Gasteiger partial charge in [-0.3, -0.25) is 0 Å². The Hall–Kier alpha value is -0.910. The highest BCUT2D eigenvalue weighted by atomic mass is 32.2. The normalized spacial score (nSPS) is 17.8. The zero-order chi connectivity index (χ0) is 11.6. The maximum atomic E-state index is 12.1. The van der Waals surface area contributed by atoms with Crippen LogP contribution in [0.25, 0.3) is 0 Å². The van der Waals surface area contributed by atoms with E-state index in [9.17, 15) is 8.42 Å². The van der Waals surface area contributed by atoms with Crippen LogP contribution in [0.3, 0.4) is 0 Å². The van der Waals surface area contributed by atoms with Crippen LogP contribution >= 0.6 is 0 Å². The van der Waals surface area contributed by atoms with Crippen LogP contribution in [0, 0.1) is 7.05 Å². The molecule has 4 nitrogen and oxygen atoms in total. The van der Waals surface area contributed by atoms with Crippen LogP contribution in [-0.4, -0.2) is 25.8 Å². The largest absolute Gasteiger partial charge is 0.446 e. The Labute approximate surface area is 96.3 Å². The average molecular weight is 240 g/mol. The van der Waals surface area contributed by atoms with Crippen LogP contribution in [0.5, 0.6) is 0 Å². The molecule has 1 aromatic carbocycles. The summed E-state index contributed by atoms with van der Waals surface area (Å²) in [7, 11) is 0.376. The molecule has 0 aromatic heterocycles. The zero-order valence-electron chi connectivity index (χ0n) is 9.09. The maximum Gasteiger partial charge on any atom is 0.243 e. The molecule has 1 aromatic rings. The van der Waals surface area contributed by atoms with Crippen molar-refractivity contribution in [2.24, 2.45) is 0 Å². The highest BCUT2D eigenvalue weighted by Gasteiger charge is 2.26. The van der Waals surface area contributed by atoms with Crippen molar-refractivity contribution in [3.8, 4) is 0 Å². The first-order chi connectivity index (χ1) is 7.64. The van der Waals surface area contributed by atoms with E-state index in [4.69, 9.17) is 0 Å². The van der Waals surface area contributed by atoms with Gasteiger partial charge in [0.15, 0.2) is 0 Å². The van der Waals surface area contributed by atoms with Gasteiger partial charge in [-0.25, -0.2) is 8.42 Å². The number of hydrogen-bond acceptors (Lipinski definition) is 2. The molecule has 16 heavy (non-hydrogen) atoms.